The third-order valence-corrected chi connectivity index (χ3v) is 7.45. The zero-order valence-corrected chi connectivity index (χ0v) is 20.4. The van der Waals surface area contributed by atoms with E-state index >= 15 is 0 Å². The van der Waals surface area contributed by atoms with Crippen LogP contribution >= 0.6 is 0 Å². The summed E-state index contributed by atoms with van der Waals surface area (Å²) in [6.07, 6.45) is 0. The highest BCUT2D eigenvalue weighted by Gasteiger charge is 2.58. The molecule has 4 atom stereocenters. The third-order valence-electron chi connectivity index (χ3n) is 7.45. The summed E-state index contributed by atoms with van der Waals surface area (Å²) in [6.45, 7) is 5.39. The largest absolute Gasteiger partial charge is 0.396 e. The van der Waals surface area contributed by atoms with Gasteiger partial charge in [-0.3, -0.25) is 9.59 Å². The highest BCUT2D eigenvalue weighted by atomic mass is 19.1. The number of amides is 3. The van der Waals surface area contributed by atoms with Gasteiger partial charge in [-0.15, -0.1) is 0 Å². The molecule has 1 aromatic carbocycles. The number of carbonyl (C=O) groups excluding carboxylic acids is 2. The fourth-order valence-electron chi connectivity index (χ4n) is 5.83. The smallest absolute Gasteiger partial charge is 0.318 e. The van der Waals surface area contributed by atoms with Crippen LogP contribution in [0.1, 0.15) is 25.6 Å². The van der Waals surface area contributed by atoms with E-state index in [2.05, 4.69) is 5.32 Å². The quantitative estimate of drug-likeness (QED) is 0.667. The van der Waals surface area contributed by atoms with E-state index in [1.807, 2.05) is 13.8 Å². The Kier molecular flexibility index (Phi) is 6.57. The van der Waals surface area contributed by atoms with Crippen LogP contribution in [0.5, 0.6) is 0 Å². The predicted octanol–water partition coefficient (Wildman–Crippen LogP) is 1.59. The Morgan fingerprint density at radius 3 is 2.47 bits per heavy atom. The summed E-state index contributed by atoms with van der Waals surface area (Å²) < 4.78 is 20.4. The van der Waals surface area contributed by atoms with Crippen LogP contribution in [0.15, 0.2) is 41.2 Å². The fraction of sp³-hybridized carbons (Fsp3) is 0.500. The van der Waals surface area contributed by atoms with Gasteiger partial charge in [-0.05, 0) is 43.7 Å². The molecule has 2 aromatic rings. The molecule has 10 heteroatoms. The fourth-order valence-corrected chi connectivity index (χ4v) is 5.83. The maximum atomic E-state index is 13.7. The SMILES string of the molecule is CC(C)NC(=O)N1[C@@H]2c3ccc(-c4ccc(F)cc4)c(=O)n3C[C@@H]2[C@@H](CO)[C@@H]1C(=O)N1CCOCC1. The first-order chi connectivity index (χ1) is 17.3. The predicted molar refractivity (Wildman–Crippen MR) is 130 cm³/mol. The molecule has 3 amide bonds. The summed E-state index contributed by atoms with van der Waals surface area (Å²) in [5, 5.41) is 13.3. The molecule has 4 heterocycles. The first-order valence-electron chi connectivity index (χ1n) is 12.4. The molecule has 192 valence electrons. The molecule has 0 radical (unpaired) electrons. The minimum Gasteiger partial charge on any atom is -0.396 e. The number of nitrogens with zero attached hydrogens (tertiary/aromatic N) is 3. The summed E-state index contributed by atoms with van der Waals surface area (Å²) in [6, 6.07) is 7.29. The highest BCUT2D eigenvalue weighted by molar-refractivity contribution is 5.89. The summed E-state index contributed by atoms with van der Waals surface area (Å²) in [4.78, 5) is 43.9. The summed E-state index contributed by atoms with van der Waals surface area (Å²) in [5.74, 6) is -1.43. The van der Waals surface area contributed by atoms with Crippen LogP contribution in [0.2, 0.25) is 0 Å². The van der Waals surface area contributed by atoms with Crippen LogP contribution in [-0.4, -0.2) is 76.4 Å². The number of halogens is 1. The van der Waals surface area contributed by atoms with E-state index in [0.717, 1.165) is 0 Å². The molecule has 2 N–H and O–H groups in total. The Bertz CT molecular complexity index is 1210. The van der Waals surface area contributed by atoms with Crippen LogP contribution in [-0.2, 0) is 16.1 Å². The molecule has 0 saturated carbocycles. The molecular formula is C26H31FN4O5. The normalized spacial score (nSPS) is 25.1. The number of pyridine rings is 1. The Labute approximate surface area is 208 Å². The van der Waals surface area contributed by atoms with Gasteiger partial charge in [-0.25, -0.2) is 9.18 Å². The Balaban J connectivity index is 1.56. The molecule has 3 aliphatic heterocycles. The lowest BCUT2D eigenvalue weighted by atomic mass is 9.88. The van der Waals surface area contributed by atoms with Crippen molar-refractivity contribution in [3.05, 3.63) is 58.3 Å². The molecule has 0 aliphatic carbocycles. The number of likely N-dealkylation sites (tertiary alicyclic amines) is 1. The van der Waals surface area contributed by atoms with Crippen LogP contribution in [0.4, 0.5) is 9.18 Å². The summed E-state index contributed by atoms with van der Waals surface area (Å²) in [5.41, 5.74) is 1.41. The van der Waals surface area contributed by atoms with Gasteiger partial charge in [-0.1, -0.05) is 12.1 Å². The number of rotatable bonds is 4. The maximum Gasteiger partial charge on any atom is 0.318 e. The average Bonchev–Trinajstić information content (AvgIpc) is 3.39. The number of ether oxygens (including phenoxy) is 1. The first kappa shape index (κ1) is 24.5. The molecule has 9 nitrogen and oxygen atoms in total. The molecule has 0 bridgehead atoms. The molecule has 2 fully saturated rings. The zero-order chi connectivity index (χ0) is 25.6. The van der Waals surface area contributed by atoms with Crippen molar-refractivity contribution < 1.29 is 23.8 Å². The summed E-state index contributed by atoms with van der Waals surface area (Å²) in [7, 11) is 0. The molecule has 3 aliphatic rings. The minimum absolute atomic E-state index is 0.160. The molecule has 2 saturated heterocycles. The molecule has 1 aromatic heterocycles. The Morgan fingerprint density at radius 1 is 1.14 bits per heavy atom. The number of morpholine rings is 1. The maximum absolute atomic E-state index is 13.7. The lowest BCUT2D eigenvalue weighted by Gasteiger charge is -2.36. The number of carbonyl (C=O) groups is 2. The van der Waals surface area contributed by atoms with Crippen LogP contribution < -0.4 is 10.9 Å². The van der Waals surface area contributed by atoms with Gasteiger partial charge in [0.15, 0.2) is 0 Å². The second-order valence-electron chi connectivity index (χ2n) is 9.94. The van der Waals surface area contributed by atoms with Crippen molar-refractivity contribution in [3.63, 3.8) is 0 Å². The number of benzene rings is 1. The Hall–Kier alpha value is -3.24. The lowest BCUT2D eigenvalue weighted by molar-refractivity contribution is -0.141. The number of aromatic nitrogens is 1. The Morgan fingerprint density at radius 2 is 1.83 bits per heavy atom. The van der Waals surface area contributed by atoms with Gasteiger partial charge in [0.2, 0.25) is 5.91 Å². The monoisotopic (exact) mass is 498 g/mol. The average molecular weight is 499 g/mol. The van der Waals surface area contributed by atoms with Crippen molar-refractivity contribution in [1.29, 1.82) is 0 Å². The van der Waals surface area contributed by atoms with Crippen LogP contribution in [0.25, 0.3) is 11.1 Å². The van der Waals surface area contributed by atoms with Gasteiger partial charge >= 0.3 is 6.03 Å². The number of fused-ring (bicyclic) bond motifs is 3. The van der Waals surface area contributed by atoms with Crippen molar-refractivity contribution in [3.8, 4) is 11.1 Å². The van der Waals surface area contributed by atoms with Crippen molar-refractivity contribution in [2.45, 2.75) is 38.5 Å². The van der Waals surface area contributed by atoms with Gasteiger partial charge in [0.1, 0.15) is 11.9 Å². The molecular weight excluding hydrogens is 467 g/mol. The highest BCUT2D eigenvalue weighted by Crippen LogP contribution is 2.49. The third kappa shape index (κ3) is 4.08. The zero-order valence-electron chi connectivity index (χ0n) is 20.4. The second-order valence-corrected chi connectivity index (χ2v) is 9.94. The number of hydrogen-bond donors (Lipinski definition) is 2. The van der Waals surface area contributed by atoms with Crippen molar-refractivity contribution in [2.75, 3.05) is 32.9 Å². The van der Waals surface area contributed by atoms with Gasteiger partial charge in [-0.2, -0.15) is 0 Å². The summed E-state index contributed by atoms with van der Waals surface area (Å²) >= 11 is 0. The molecule has 5 rings (SSSR count). The number of nitrogens with one attached hydrogen (secondary N) is 1. The topological polar surface area (TPSA) is 104 Å². The van der Waals surface area contributed by atoms with E-state index in [4.69, 9.17) is 4.74 Å². The van der Waals surface area contributed by atoms with Crippen molar-refractivity contribution in [2.24, 2.45) is 11.8 Å². The standard InChI is InChI=1S/C26H31FN4O5/c1-15(2)28-26(35)31-22-19(20(14-32)23(31)25(34)29-9-11-36-12-10-29)13-30-21(22)8-7-18(24(30)33)16-3-5-17(27)6-4-16/h3-8,15,19-20,22-23,32H,9-14H2,1-2H3,(H,28,35)/t19-,20-,22+,23-/m1/s1. The lowest BCUT2D eigenvalue weighted by Crippen LogP contribution is -2.56. The van der Waals surface area contributed by atoms with Gasteiger partial charge in [0, 0.05) is 55.4 Å². The van der Waals surface area contributed by atoms with E-state index < -0.39 is 24.0 Å². The van der Waals surface area contributed by atoms with E-state index in [9.17, 15) is 23.9 Å². The second kappa shape index (κ2) is 9.67. The van der Waals surface area contributed by atoms with Gasteiger partial charge < -0.3 is 29.5 Å². The number of urea groups is 1. The first-order valence-corrected chi connectivity index (χ1v) is 12.4. The van der Waals surface area contributed by atoms with E-state index in [1.54, 1.807) is 38.6 Å². The van der Waals surface area contributed by atoms with Gasteiger partial charge in [0.25, 0.3) is 5.56 Å². The number of aliphatic hydroxyl groups is 1. The van der Waals surface area contributed by atoms with E-state index in [-0.39, 0.29) is 42.4 Å². The van der Waals surface area contributed by atoms with Crippen LogP contribution in [0.3, 0.4) is 0 Å². The van der Waals surface area contributed by atoms with Gasteiger partial charge in [0.05, 0.1) is 19.3 Å². The van der Waals surface area contributed by atoms with Crippen molar-refractivity contribution in [1.82, 2.24) is 19.7 Å². The number of hydrogen-bond acceptors (Lipinski definition) is 5. The molecule has 0 spiro atoms. The number of aliphatic hydroxyl groups excluding tert-OH is 1. The van der Waals surface area contributed by atoms with E-state index in [1.165, 1.54) is 12.1 Å². The van der Waals surface area contributed by atoms with E-state index in [0.29, 0.717) is 43.1 Å². The van der Waals surface area contributed by atoms with Crippen molar-refractivity contribution >= 4 is 11.9 Å². The minimum atomic E-state index is -0.845. The van der Waals surface area contributed by atoms with Crippen LogP contribution in [0, 0.1) is 17.7 Å². The molecule has 0 unspecified atom stereocenters. The molecule has 36 heavy (non-hydrogen) atoms.